The van der Waals surface area contributed by atoms with Crippen molar-refractivity contribution in [2.45, 2.75) is 38.3 Å². The van der Waals surface area contributed by atoms with Crippen molar-refractivity contribution < 1.29 is 9.15 Å². The highest BCUT2D eigenvalue weighted by molar-refractivity contribution is 5.19. The molecule has 0 amide bonds. The molecule has 1 fully saturated rings. The number of hydrogen-bond donors (Lipinski definition) is 2. The lowest BCUT2D eigenvalue weighted by molar-refractivity contribution is 0.198. The molecule has 1 aromatic rings. The number of ether oxygens (including phenoxy) is 1. The summed E-state index contributed by atoms with van der Waals surface area (Å²) < 4.78 is 10.4. The zero-order chi connectivity index (χ0) is 11.9. The summed E-state index contributed by atoms with van der Waals surface area (Å²) in [6.45, 7) is 2.05. The van der Waals surface area contributed by atoms with Crippen LogP contribution in [0.15, 0.2) is 4.42 Å². The van der Waals surface area contributed by atoms with Crippen LogP contribution in [0.5, 0.6) is 0 Å². The lowest BCUT2D eigenvalue weighted by atomic mass is 10.3. The van der Waals surface area contributed by atoms with E-state index in [1.165, 1.54) is 25.7 Å². The Kier molecular flexibility index (Phi) is 4.75. The molecule has 2 N–H and O–H groups in total. The third-order valence-corrected chi connectivity index (χ3v) is 2.91. The van der Waals surface area contributed by atoms with Crippen LogP contribution >= 0.6 is 0 Å². The largest absolute Gasteiger partial charge is 0.407 e. The predicted molar refractivity (Wildman–Crippen MR) is 63.8 cm³/mol. The molecule has 0 spiro atoms. The molecule has 6 heteroatoms. The minimum atomic E-state index is 0.504. The van der Waals surface area contributed by atoms with Gasteiger partial charge in [-0.15, -0.1) is 5.10 Å². The van der Waals surface area contributed by atoms with Crippen molar-refractivity contribution in [3.05, 3.63) is 5.89 Å². The molecule has 2 rings (SSSR count). The van der Waals surface area contributed by atoms with Gasteiger partial charge in [-0.1, -0.05) is 17.9 Å². The zero-order valence-electron chi connectivity index (χ0n) is 10.2. The number of aromatic nitrogens is 2. The summed E-state index contributed by atoms with van der Waals surface area (Å²) in [5.41, 5.74) is 0. The maximum atomic E-state index is 5.49. The Labute approximate surface area is 101 Å². The van der Waals surface area contributed by atoms with Crippen LogP contribution < -0.4 is 10.6 Å². The van der Waals surface area contributed by atoms with E-state index < -0.39 is 0 Å². The summed E-state index contributed by atoms with van der Waals surface area (Å²) >= 11 is 0. The molecule has 17 heavy (non-hydrogen) atoms. The monoisotopic (exact) mass is 240 g/mol. The minimum absolute atomic E-state index is 0.504. The lowest BCUT2D eigenvalue weighted by Gasteiger charge is -2.07. The topological polar surface area (TPSA) is 72.2 Å². The Bertz CT molecular complexity index is 323. The first-order valence-corrected chi connectivity index (χ1v) is 6.17. The first-order valence-electron chi connectivity index (χ1n) is 6.17. The summed E-state index contributed by atoms with van der Waals surface area (Å²) in [6.07, 6.45) is 4.97. The van der Waals surface area contributed by atoms with E-state index in [1.807, 2.05) is 0 Å². The van der Waals surface area contributed by atoms with Crippen LogP contribution in [0.25, 0.3) is 0 Å². The van der Waals surface area contributed by atoms with E-state index in [-0.39, 0.29) is 0 Å². The molecule has 0 unspecified atom stereocenters. The van der Waals surface area contributed by atoms with E-state index in [4.69, 9.17) is 9.15 Å². The van der Waals surface area contributed by atoms with E-state index in [1.54, 1.807) is 7.11 Å². The number of anilines is 1. The highest BCUT2D eigenvalue weighted by Crippen LogP contribution is 2.21. The SMILES string of the molecule is COCCNCc1nnc(NC2CCCC2)o1. The maximum absolute atomic E-state index is 5.49. The Balaban J connectivity index is 1.71. The smallest absolute Gasteiger partial charge is 0.315 e. The van der Waals surface area contributed by atoms with Crippen LogP contribution in [0.3, 0.4) is 0 Å². The van der Waals surface area contributed by atoms with Crippen LogP contribution in [0, 0.1) is 0 Å². The molecule has 0 bridgehead atoms. The van der Waals surface area contributed by atoms with Gasteiger partial charge in [-0.3, -0.25) is 0 Å². The lowest BCUT2D eigenvalue weighted by Crippen LogP contribution is -2.18. The number of hydrogen-bond acceptors (Lipinski definition) is 6. The summed E-state index contributed by atoms with van der Waals surface area (Å²) in [5, 5.41) is 14.4. The Morgan fingerprint density at radius 2 is 2.18 bits per heavy atom. The van der Waals surface area contributed by atoms with Crippen molar-refractivity contribution >= 4 is 6.01 Å². The highest BCUT2D eigenvalue weighted by Gasteiger charge is 2.17. The van der Waals surface area contributed by atoms with Gasteiger partial charge in [0.25, 0.3) is 0 Å². The van der Waals surface area contributed by atoms with E-state index in [0.717, 1.165) is 6.54 Å². The van der Waals surface area contributed by atoms with Gasteiger partial charge in [0.15, 0.2) is 0 Å². The van der Waals surface area contributed by atoms with E-state index in [0.29, 0.717) is 31.1 Å². The van der Waals surface area contributed by atoms with Crippen LogP contribution in [0.4, 0.5) is 6.01 Å². The molecule has 0 saturated heterocycles. The van der Waals surface area contributed by atoms with Crippen molar-refractivity contribution in [2.75, 3.05) is 25.6 Å². The molecular weight excluding hydrogens is 220 g/mol. The Morgan fingerprint density at radius 1 is 1.35 bits per heavy atom. The summed E-state index contributed by atoms with van der Waals surface area (Å²) in [7, 11) is 1.68. The average Bonchev–Trinajstić information content (AvgIpc) is 2.97. The number of methoxy groups -OCH3 is 1. The molecule has 1 saturated carbocycles. The second-order valence-electron chi connectivity index (χ2n) is 4.30. The van der Waals surface area contributed by atoms with Crippen molar-refractivity contribution in [2.24, 2.45) is 0 Å². The normalized spacial score (nSPS) is 16.5. The third kappa shape index (κ3) is 3.98. The molecule has 1 aromatic heterocycles. The molecule has 1 heterocycles. The molecule has 0 radical (unpaired) electrons. The van der Waals surface area contributed by atoms with Gasteiger partial charge >= 0.3 is 6.01 Å². The fraction of sp³-hybridized carbons (Fsp3) is 0.818. The van der Waals surface area contributed by atoms with Gasteiger partial charge in [-0.25, -0.2) is 0 Å². The number of nitrogens with zero attached hydrogens (tertiary/aromatic N) is 2. The number of rotatable bonds is 7. The Hall–Kier alpha value is -1.14. The minimum Gasteiger partial charge on any atom is -0.407 e. The molecule has 0 aliphatic heterocycles. The van der Waals surface area contributed by atoms with Gasteiger partial charge in [0.2, 0.25) is 5.89 Å². The van der Waals surface area contributed by atoms with Crippen molar-refractivity contribution in [3.8, 4) is 0 Å². The van der Waals surface area contributed by atoms with Crippen molar-refractivity contribution in [1.82, 2.24) is 15.5 Å². The van der Waals surface area contributed by atoms with E-state index in [2.05, 4.69) is 20.8 Å². The highest BCUT2D eigenvalue weighted by atomic mass is 16.5. The van der Waals surface area contributed by atoms with E-state index in [9.17, 15) is 0 Å². The van der Waals surface area contributed by atoms with Gasteiger partial charge in [-0.05, 0) is 12.8 Å². The van der Waals surface area contributed by atoms with Crippen LogP contribution in [0.2, 0.25) is 0 Å². The summed E-state index contributed by atoms with van der Waals surface area (Å²) in [6, 6.07) is 1.05. The molecule has 0 atom stereocenters. The first-order chi connectivity index (χ1) is 8.38. The van der Waals surface area contributed by atoms with Crippen LogP contribution in [-0.2, 0) is 11.3 Å². The predicted octanol–water partition coefficient (Wildman–Crippen LogP) is 1.16. The summed E-state index contributed by atoms with van der Waals surface area (Å²) in [4.78, 5) is 0. The quantitative estimate of drug-likeness (QED) is 0.697. The molecule has 1 aliphatic carbocycles. The molecule has 6 nitrogen and oxygen atoms in total. The van der Waals surface area contributed by atoms with Crippen molar-refractivity contribution in [3.63, 3.8) is 0 Å². The van der Waals surface area contributed by atoms with Gasteiger partial charge < -0.3 is 19.8 Å². The third-order valence-electron chi connectivity index (χ3n) is 2.91. The number of nitrogens with one attached hydrogen (secondary N) is 2. The molecule has 96 valence electrons. The standard InChI is InChI=1S/C11H20N4O2/c1-16-7-6-12-8-10-14-15-11(17-10)13-9-4-2-3-5-9/h9,12H,2-8H2,1H3,(H,13,15). The molecule has 1 aliphatic rings. The second kappa shape index (κ2) is 6.56. The van der Waals surface area contributed by atoms with Gasteiger partial charge in [0.1, 0.15) is 0 Å². The van der Waals surface area contributed by atoms with Gasteiger partial charge in [-0.2, -0.15) is 0 Å². The van der Waals surface area contributed by atoms with Crippen LogP contribution in [0.1, 0.15) is 31.6 Å². The second-order valence-corrected chi connectivity index (χ2v) is 4.30. The zero-order valence-corrected chi connectivity index (χ0v) is 10.2. The average molecular weight is 240 g/mol. The summed E-state index contributed by atoms with van der Waals surface area (Å²) in [5.74, 6) is 0.613. The van der Waals surface area contributed by atoms with Gasteiger partial charge in [0, 0.05) is 19.7 Å². The van der Waals surface area contributed by atoms with Crippen molar-refractivity contribution in [1.29, 1.82) is 0 Å². The van der Waals surface area contributed by atoms with Crippen LogP contribution in [-0.4, -0.2) is 36.5 Å². The molecule has 0 aromatic carbocycles. The first kappa shape index (κ1) is 12.3. The maximum Gasteiger partial charge on any atom is 0.315 e. The van der Waals surface area contributed by atoms with E-state index >= 15 is 0 Å². The van der Waals surface area contributed by atoms with Gasteiger partial charge in [0.05, 0.1) is 13.2 Å². The fourth-order valence-corrected chi connectivity index (χ4v) is 2.00. The molecular formula is C11H20N4O2. The Morgan fingerprint density at radius 3 is 2.94 bits per heavy atom. The fourth-order valence-electron chi connectivity index (χ4n) is 2.00.